The topological polar surface area (TPSA) is 38.9 Å². The van der Waals surface area contributed by atoms with E-state index < -0.39 is 0 Å². The molecule has 0 aliphatic rings. The van der Waals surface area contributed by atoms with E-state index >= 15 is 0 Å². The van der Waals surface area contributed by atoms with E-state index in [1.807, 2.05) is 66.7 Å². The molecule has 0 saturated carbocycles. The van der Waals surface area contributed by atoms with Gasteiger partial charge in [0.25, 0.3) is 0 Å². The number of hydrogen-bond donors (Lipinski definition) is 1. The summed E-state index contributed by atoms with van der Waals surface area (Å²) in [6.45, 7) is 0. The average molecular weight is 296 g/mol. The summed E-state index contributed by atoms with van der Waals surface area (Å²) in [6.07, 6.45) is 0. The molecule has 0 aliphatic heterocycles. The van der Waals surface area contributed by atoms with Crippen molar-refractivity contribution < 1.29 is 0 Å². The molecule has 110 valence electrons. The lowest BCUT2D eigenvalue weighted by Gasteiger charge is -2.14. The van der Waals surface area contributed by atoms with Gasteiger partial charge in [-0.3, -0.25) is 0 Å². The number of anilines is 1. The van der Waals surface area contributed by atoms with Crippen LogP contribution in [0.1, 0.15) is 0 Å². The van der Waals surface area contributed by atoms with Crippen LogP contribution in [-0.4, -0.2) is 4.98 Å². The Kier molecular flexibility index (Phi) is 3.28. The summed E-state index contributed by atoms with van der Waals surface area (Å²) in [7, 11) is 0. The number of benzene rings is 3. The smallest absolute Gasteiger partial charge is 0.0945 e. The Morgan fingerprint density at radius 3 is 1.87 bits per heavy atom. The van der Waals surface area contributed by atoms with Crippen molar-refractivity contribution in [3.05, 3.63) is 84.9 Å². The summed E-state index contributed by atoms with van der Waals surface area (Å²) in [5.41, 5.74) is 12.3. The first-order valence-corrected chi connectivity index (χ1v) is 7.63. The fourth-order valence-electron chi connectivity index (χ4n) is 2.96. The average Bonchev–Trinajstić information content (AvgIpc) is 2.63. The summed E-state index contributed by atoms with van der Waals surface area (Å²) < 4.78 is 0. The normalized spacial score (nSPS) is 10.8. The standard InChI is InChI=1S/C21H16N2/c22-20-19(15-9-3-1-4-10-15)17-13-7-8-14-18(17)23-21(20)16-11-5-2-6-12-16/h1-14H,22H2. The number of pyridine rings is 1. The second kappa shape index (κ2) is 5.58. The molecule has 2 heteroatoms. The zero-order chi connectivity index (χ0) is 15.6. The number of nitrogens with zero attached hydrogens (tertiary/aromatic N) is 1. The minimum Gasteiger partial charge on any atom is -0.396 e. The molecule has 2 N–H and O–H groups in total. The van der Waals surface area contributed by atoms with Crippen molar-refractivity contribution in [2.75, 3.05) is 5.73 Å². The molecule has 23 heavy (non-hydrogen) atoms. The van der Waals surface area contributed by atoms with E-state index in [1.165, 1.54) is 0 Å². The Morgan fingerprint density at radius 1 is 0.609 bits per heavy atom. The van der Waals surface area contributed by atoms with Crippen molar-refractivity contribution in [1.29, 1.82) is 0 Å². The summed E-state index contributed by atoms with van der Waals surface area (Å²) in [6, 6.07) is 28.5. The third kappa shape index (κ3) is 2.34. The van der Waals surface area contributed by atoms with Crippen LogP contribution < -0.4 is 5.73 Å². The molecule has 1 aromatic heterocycles. The number of para-hydroxylation sites is 1. The lowest BCUT2D eigenvalue weighted by molar-refractivity contribution is 1.40. The van der Waals surface area contributed by atoms with Gasteiger partial charge in [0, 0.05) is 16.5 Å². The highest BCUT2D eigenvalue weighted by Gasteiger charge is 2.15. The fourth-order valence-corrected chi connectivity index (χ4v) is 2.96. The number of fused-ring (bicyclic) bond motifs is 1. The SMILES string of the molecule is Nc1c(-c2ccccc2)nc2ccccc2c1-c1ccccc1. The predicted octanol–water partition coefficient (Wildman–Crippen LogP) is 5.15. The van der Waals surface area contributed by atoms with Crippen molar-refractivity contribution >= 4 is 16.6 Å². The number of nitrogen functional groups attached to an aromatic ring is 1. The van der Waals surface area contributed by atoms with Crippen molar-refractivity contribution in [2.24, 2.45) is 0 Å². The molecular weight excluding hydrogens is 280 g/mol. The Balaban J connectivity index is 2.10. The molecule has 1 heterocycles. The molecule has 3 aromatic carbocycles. The van der Waals surface area contributed by atoms with Crippen LogP contribution in [0.2, 0.25) is 0 Å². The molecule has 0 saturated heterocycles. The van der Waals surface area contributed by atoms with Gasteiger partial charge in [0.1, 0.15) is 0 Å². The largest absolute Gasteiger partial charge is 0.396 e. The molecule has 0 fully saturated rings. The molecule has 0 unspecified atom stereocenters. The zero-order valence-electron chi connectivity index (χ0n) is 12.6. The van der Waals surface area contributed by atoms with E-state index in [-0.39, 0.29) is 0 Å². The van der Waals surface area contributed by atoms with Gasteiger partial charge in [-0.05, 0) is 11.6 Å². The second-order valence-electron chi connectivity index (χ2n) is 5.50. The second-order valence-corrected chi connectivity index (χ2v) is 5.50. The Bertz CT molecular complexity index is 961. The van der Waals surface area contributed by atoms with Crippen molar-refractivity contribution in [3.8, 4) is 22.4 Å². The molecule has 0 atom stereocenters. The molecule has 0 spiro atoms. The maximum atomic E-state index is 6.55. The number of aromatic nitrogens is 1. The lowest BCUT2D eigenvalue weighted by atomic mass is 9.96. The molecule has 0 amide bonds. The highest BCUT2D eigenvalue weighted by Crippen LogP contribution is 2.38. The van der Waals surface area contributed by atoms with Crippen LogP contribution in [0.5, 0.6) is 0 Å². The molecule has 4 rings (SSSR count). The minimum absolute atomic E-state index is 0.723. The van der Waals surface area contributed by atoms with E-state index in [4.69, 9.17) is 10.7 Å². The third-order valence-corrected chi connectivity index (χ3v) is 4.04. The van der Waals surface area contributed by atoms with Gasteiger partial charge < -0.3 is 5.73 Å². The maximum Gasteiger partial charge on any atom is 0.0945 e. The summed E-state index contributed by atoms with van der Waals surface area (Å²) in [5.74, 6) is 0. The predicted molar refractivity (Wildman–Crippen MR) is 97.0 cm³/mol. The zero-order valence-corrected chi connectivity index (χ0v) is 12.6. The van der Waals surface area contributed by atoms with Crippen LogP contribution in [0.15, 0.2) is 84.9 Å². The summed E-state index contributed by atoms with van der Waals surface area (Å²) >= 11 is 0. The quantitative estimate of drug-likeness (QED) is 0.555. The van der Waals surface area contributed by atoms with E-state index in [0.717, 1.165) is 39.0 Å². The highest BCUT2D eigenvalue weighted by molar-refractivity contribution is 6.04. The molecular formula is C21H16N2. The van der Waals surface area contributed by atoms with E-state index in [1.54, 1.807) is 0 Å². The summed E-state index contributed by atoms with van der Waals surface area (Å²) in [4.78, 5) is 4.81. The number of hydrogen-bond acceptors (Lipinski definition) is 2. The van der Waals surface area contributed by atoms with Gasteiger partial charge in [-0.2, -0.15) is 0 Å². The molecule has 0 aliphatic carbocycles. The van der Waals surface area contributed by atoms with E-state index in [2.05, 4.69) is 18.2 Å². The summed E-state index contributed by atoms with van der Waals surface area (Å²) in [5, 5.41) is 1.08. The van der Waals surface area contributed by atoms with E-state index in [0.29, 0.717) is 0 Å². The van der Waals surface area contributed by atoms with Crippen LogP contribution in [0.25, 0.3) is 33.3 Å². The Morgan fingerprint density at radius 2 is 1.17 bits per heavy atom. The van der Waals surface area contributed by atoms with Crippen molar-refractivity contribution in [2.45, 2.75) is 0 Å². The monoisotopic (exact) mass is 296 g/mol. The van der Waals surface area contributed by atoms with Gasteiger partial charge >= 0.3 is 0 Å². The first kappa shape index (κ1) is 13.5. The third-order valence-electron chi connectivity index (χ3n) is 4.04. The number of nitrogens with two attached hydrogens (primary N) is 1. The first-order valence-electron chi connectivity index (χ1n) is 7.63. The van der Waals surface area contributed by atoms with Crippen LogP contribution in [0.4, 0.5) is 5.69 Å². The number of rotatable bonds is 2. The van der Waals surface area contributed by atoms with Crippen LogP contribution >= 0.6 is 0 Å². The van der Waals surface area contributed by atoms with Crippen molar-refractivity contribution in [1.82, 2.24) is 4.98 Å². The Labute approximate surface area is 135 Å². The molecule has 0 bridgehead atoms. The first-order chi connectivity index (χ1) is 11.3. The van der Waals surface area contributed by atoms with Gasteiger partial charge in [0.2, 0.25) is 0 Å². The van der Waals surface area contributed by atoms with Gasteiger partial charge in [-0.1, -0.05) is 78.9 Å². The van der Waals surface area contributed by atoms with Crippen molar-refractivity contribution in [3.63, 3.8) is 0 Å². The van der Waals surface area contributed by atoms with Crippen LogP contribution in [-0.2, 0) is 0 Å². The minimum atomic E-state index is 0.723. The van der Waals surface area contributed by atoms with Crippen LogP contribution in [0.3, 0.4) is 0 Å². The molecule has 4 aromatic rings. The van der Waals surface area contributed by atoms with Gasteiger partial charge in [-0.15, -0.1) is 0 Å². The van der Waals surface area contributed by atoms with Crippen LogP contribution in [0, 0.1) is 0 Å². The molecule has 2 nitrogen and oxygen atoms in total. The Hall–Kier alpha value is -3.13. The van der Waals surface area contributed by atoms with Gasteiger partial charge in [0.05, 0.1) is 16.9 Å². The maximum absolute atomic E-state index is 6.55. The van der Waals surface area contributed by atoms with Gasteiger partial charge in [0.15, 0.2) is 0 Å². The lowest BCUT2D eigenvalue weighted by Crippen LogP contribution is -1.99. The van der Waals surface area contributed by atoms with Gasteiger partial charge in [-0.25, -0.2) is 4.98 Å². The fraction of sp³-hybridized carbons (Fsp3) is 0. The highest BCUT2D eigenvalue weighted by atomic mass is 14.8. The van der Waals surface area contributed by atoms with E-state index in [9.17, 15) is 0 Å². The molecule has 0 radical (unpaired) electrons.